The predicted molar refractivity (Wildman–Crippen MR) is 117 cm³/mol. The van der Waals surface area contributed by atoms with Crippen LogP contribution >= 0.6 is 0 Å². The zero-order valence-electron chi connectivity index (χ0n) is 17.6. The largest absolute Gasteiger partial charge is 0.449 e. The second-order valence-electron chi connectivity index (χ2n) is 6.15. The topological polar surface area (TPSA) is 101 Å². The fraction of sp³-hybridized carbons (Fsp3) is 0.273. The van der Waals surface area contributed by atoms with Crippen LogP contribution in [0.25, 0.3) is 11.1 Å². The first-order valence-corrected chi connectivity index (χ1v) is 9.61. The Morgan fingerprint density at radius 2 is 1.10 bits per heavy atom. The molecular formula is C22H26N4O4. The first-order chi connectivity index (χ1) is 14.5. The maximum Gasteiger partial charge on any atom is 0.427 e. The van der Waals surface area contributed by atoms with Crippen LogP contribution in [0.15, 0.2) is 58.7 Å². The lowest BCUT2D eigenvalue weighted by atomic mass is 9.92. The highest BCUT2D eigenvalue weighted by molar-refractivity contribution is 6.09. The molecule has 8 heteroatoms. The molecule has 0 bridgehead atoms. The molecule has 2 aromatic rings. The third kappa shape index (κ3) is 6.16. The van der Waals surface area contributed by atoms with Crippen molar-refractivity contribution in [1.82, 2.24) is 10.9 Å². The Kier molecular flexibility index (Phi) is 8.56. The summed E-state index contributed by atoms with van der Waals surface area (Å²) in [5, 5.41) is 8.28. The van der Waals surface area contributed by atoms with Crippen LogP contribution in [0.2, 0.25) is 0 Å². The summed E-state index contributed by atoms with van der Waals surface area (Å²) in [6.07, 6.45) is -1.22. The molecule has 2 N–H and O–H groups in total. The smallest absolute Gasteiger partial charge is 0.427 e. The van der Waals surface area contributed by atoms with E-state index in [2.05, 4.69) is 21.1 Å². The van der Waals surface area contributed by atoms with Gasteiger partial charge in [-0.3, -0.25) is 0 Å². The zero-order chi connectivity index (χ0) is 21.9. The van der Waals surface area contributed by atoms with Gasteiger partial charge in [0.25, 0.3) is 0 Å². The van der Waals surface area contributed by atoms with Gasteiger partial charge in [0.15, 0.2) is 0 Å². The number of carbonyl (C=O) groups is 2. The number of hydrazone groups is 2. The Hall–Kier alpha value is -3.68. The number of nitrogens with zero attached hydrogens (tertiary/aromatic N) is 2. The Bertz CT molecular complexity index is 876. The number of ether oxygens (including phenoxy) is 2. The molecule has 0 atom stereocenters. The highest BCUT2D eigenvalue weighted by Crippen LogP contribution is 2.28. The molecule has 0 fully saturated rings. The number of rotatable bonds is 7. The molecule has 2 amide bonds. The van der Waals surface area contributed by atoms with Crippen LogP contribution < -0.4 is 10.9 Å². The normalized spacial score (nSPS) is 11.6. The van der Waals surface area contributed by atoms with Gasteiger partial charge in [-0.05, 0) is 38.8 Å². The van der Waals surface area contributed by atoms with Crippen molar-refractivity contribution in [2.24, 2.45) is 10.2 Å². The quantitative estimate of drug-likeness (QED) is 0.525. The summed E-state index contributed by atoms with van der Waals surface area (Å²) < 4.78 is 9.68. The maximum atomic E-state index is 11.5. The van der Waals surface area contributed by atoms with Gasteiger partial charge in [-0.2, -0.15) is 10.2 Å². The molecule has 2 aromatic carbocycles. The van der Waals surface area contributed by atoms with Crippen LogP contribution in [0.4, 0.5) is 9.59 Å². The summed E-state index contributed by atoms with van der Waals surface area (Å²) in [6.45, 7) is 7.59. The van der Waals surface area contributed by atoms with Gasteiger partial charge in [0.2, 0.25) is 0 Å². The molecule has 0 aliphatic rings. The molecule has 158 valence electrons. The van der Waals surface area contributed by atoms with Crippen molar-refractivity contribution in [2.75, 3.05) is 13.2 Å². The molecule has 8 nitrogen and oxygen atoms in total. The second kappa shape index (κ2) is 11.4. The van der Waals surface area contributed by atoms with Gasteiger partial charge in [-0.15, -0.1) is 0 Å². The third-order valence-corrected chi connectivity index (χ3v) is 4.10. The van der Waals surface area contributed by atoms with Gasteiger partial charge in [0, 0.05) is 11.1 Å². The Morgan fingerprint density at radius 3 is 1.47 bits per heavy atom. The molecule has 0 heterocycles. The minimum Gasteiger partial charge on any atom is -0.449 e. The summed E-state index contributed by atoms with van der Waals surface area (Å²) in [6, 6.07) is 15.4. The molecule has 0 aliphatic carbocycles. The van der Waals surface area contributed by atoms with Crippen molar-refractivity contribution in [2.45, 2.75) is 27.7 Å². The lowest BCUT2D eigenvalue weighted by molar-refractivity contribution is 0.151. The van der Waals surface area contributed by atoms with Gasteiger partial charge < -0.3 is 9.47 Å². The number of hydrogen-bond acceptors (Lipinski definition) is 6. The maximum absolute atomic E-state index is 11.5. The fourth-order valence-electron chi connectivity index (χ4n) is 2.77. The van der Waals surface area contributed by atoms with E-state index in [0.717, 1.165) is 22.3 Å². The average Bonchev–Trinajstić information content (AvgIpc) is 2.76. The van der Waals surface area contributed by atoms with Crippen molar-refractivity contribution < 1.29 is 19.1 Å². The van der Waals surface area contributed by atoms with Crippen molar-refractivity contribution in [1.29, 1.82) is 0 Å². The van der Waals surface area contributed by atoms with Crippen molar-refractivity contribution in [3.8, 4) is 11.1 Å². The highest BCUT2D eigenvalue weighted by Gasteiger charge is 2.13. The number of benzene rings is 2. The molecule has 2 rings (SSSR count). The van der Waals surface area contributed by atoms with E-state index in [1.807, 2.05) is 48.5 Å². The lowest BCUT2D eigenvalue weighted by Crippen LogP contribution is -2.21. The summed E-state index contributed by atoms with van der Waals surface area (Å²) in [7, 11) is 0. The van der Waals surface area contributed by atoms with E-state index < -0.39 is 12.2 Å². The average molecular weight is 410 g/mol. The molecular weight excluding hydrogens is 384 g/mol. The zero-order valence-corrected chi connectivity index (χ0v) is 17.6. The van der Waals surface area contributed by atoms with E-state index in [-0.39, 0.29) is 13.2 Å². The number of hydrogen-bond donors (Lipinski definition) is 2. The summed E-state index contributed by atoms with van der Waals surface area (Å²) in [5.41, 5.74) is 9.50. The van der Waals surface area contributed by atoms with Crippen molar-refractivity contribution >= 4 is 23.6 Å². The molecule has 0 unspecified atom stereocenters. The number of nitrogens with one attached hydrogen (secondary N) is 2. The molecule has 0 saturated carbocycles. The van der Waals surface area contributed by atoms with Crippen LogP contribution in [0.3, 0.4) is 0 Å². The molecule has 0 radical (unpaired) electrons. The molecule has 0 spiro atoms. The van der Waals surface area contributed by atoms with Crippen molar-refractivity contribution in [3.05, 3.63) is 59.7 Å². The van der Waals surface area contributed by atoms with Gasteiger partial charge in [-0.1, -0.05) is 48.5 Å². The minimum absolute atomic E-state index is 0.267. The Morgan fingerprint density at radius 1 is 0.733 bits per heavy atom. The minimum atomic E-state index is -0.609. The standard InChI is InChI=1S/C22H26N4O4/c1-5-29-21(27)25-23-15(3)17-11-7-9-13-19(17)20-14-10-8-12-18(20)16(4)24-26-22(28)30-6-2/h7-14H,5-6H2,1-4H3,(H,25,27)(H,26,28). The Labute approximate surface area is 176 Å². The van der Waals surface area contributed by atoms with E-state index in [1.165, 1.54) is 0 Å². The van der Waals surface area contributed by atoms with Crippen LogP contribution in [-0.4, -0.2) is 36.8 Å². The third-order valence-electron chi connectivity index (χ3n) is 4.10. The van der Waals surface area contributed by atoms with Crippen molar-refractivity contribution in [3.63, 3.8) is 0 Å². The molecule has 30 heavy (non-hydrogen) atoms. The summed E-state index contributed by atoms with van der Waals surface area (Å²) in [4.78, 5) is 23.1. The predicted octanol–water partition coefficient (Wildman–Crippen LogP) is 4.29. The molecule has 0 aromatic heterocycles. The van der Waals surface area contributed by atoms with E-state index >= 15 is 0 Å². The van der Waals surface area contributed by atoms with Gasteiger partial charge >= 0.3 is 12.2 Å². The van der Waals surface area contributed by atoms with Crippen LogP contribution in [-0.2, 0) is 9.47 Å². The van der Waals surface area contributed by atoms with Crippen LogP contribution in [0.5, 0.6) is 0 Å². The fourth-order valence-corrected chi connectivity index (χ4v) is 2.77. The first kappa shape index (κ1) is 22.6. The Balaban J connectivity index is 2.40. The molecule has 0 saturated heterocycles. The van der Waals surface area contributed by atoms with E-state index in [0.29, 0.717) is 11.4 Å². The highest BCUT2D eigenvalue weighted by atomic mass is 16.6. The van der Waals surface area contributed by atoms with Gasteiger partial charge in [0.1, 0.15) is 0 Å². The number of carbonyl (C=O) groups excluding carboxylic acids is 2. The number of amides is 2. The lowest BCUT2D eigenvalue weighted by Gasteiger charge is -2.14. The second-order valence-corrected chi connectivity index (χ2v) is 6.15. The van der Waals surface area contributed by atoms with E-state index in [1.54, 1.807) is 27.7 Å². The monoisotopic (exact) mass is 410 g/mol. The summed E-state index contributed by atoms with van der Waals surface area (Å²) in [5.74, 6) is 0. The van der Waals surface area contributed by atoms with E-state index in [9.17, 15) is 9.59 Å². The van der Waals surface area contributed by atoms with E-state index in [4.69, 9.17) is 9.47 Å². The summed E-state index contributed by atoms with van der Waals surface area (Å²) >= 11 is 0. The first-order valence-electron chi connectivity index (χ1n) is 9.61. The van der Waals surface area contributed by atoms with Crippen LogP contribution in [0, 0.1) is 0 Å². The van der Waals surface area contributed by atoms with Crippen LogP contribution in [0.1, 0.15) is 38.8 Å². The molecule has 0 aliphatic heterocycles. The van der Waals surface area contributed by atoms with Gasteiger partial charge in [-0.25, -0.2) is 20.4 Å². The SMILES string of the molecule is CCOC(=O)NN=C(C)c1ccccc1-c1ccccc1C(C)=NNC(=O)OCC. The van der Waals surface area contributed by atoms with Gasteiger partial charge in [0.05, 0.1) is 24.6 Å².